The molecule has 2 rings (SSSR count). The van der Waals surface area contributed by atoms with Gasteiger partial charge < -0.3 is 10.5 Å². The number of anilines is 1. The Morgan fingerprint density at radius 2 is 2.10 bits per heavy atom. The predicted molar refractivity (Wildman–Crippen MR) is 84.3 cm³/mol. The van der Waals surface area contributed by atoms with Crippen LogP contribution in [0.1, 0.15) is 19.3 Å². The van der Waals surface area contributed by atoms with Crippen LogP contribution in [0.3, 0.4) is 0 Å². The average Bonchev–Trinajstić information content (AvgIpc) is 2.45. The third kappa shape index (κ3) is 3.63. The van der Waals surface area contributed by atoms with Gasteiger partial charge in [0.05, 0.1) is 21.8 Å². The summed E-state index contributed by atoms with van der Waals surface area (Å²) in [5.74, 6) is 0. The quantitative estimate of drug-likeness (QED) is 0.845. The maximum absolute atomic E-state index is 12.6. The second kappa shape index (κ2) is 6.71. The zero-order chi connectivity index (χ0) is 15.6. The number of halogens is 2. The number of nitrogens with zero attached hydrogens (tertiary/aromatic N) is 1. The van der Waals surface area contributed by atoms with Gasteiger partial charge in [-0.2, -0.15) is 4.31 Å². The fraction of sp³-hybridized carbons (Fsp3) is 0.538. The topological polar surface area (TPSA) is 72.6 Å². The second-order valence-electron chi connectivity index (χ2n) is 5.05. The van der Waals surface area contributed by atoms with Gasteiger partial charge in [-0.05, 0) is 31.4 Å². The van der Waals surface area contributed by atoms with Crippen molar-refractivity contribution in [3.63, 3.8) is 0 Å². The van der Waals surface area contributed by atoms with E-state index in [4.69, 9.17) is 33.7 Å². The molecule has 1 aromatic rings. The van der Waals surface area contributed by atoms with Gasteiger partial charge in [-0.15, -0.1) is 0 Å². The van der Waals surface area contributed by atoms with Gasteiger partial charge in [-0.3, -0.25) is 0 Å². The molecular weight excluding hydrogens is 335 g/mol. The number of hydrogen-bond acceptors (Lipinski definition) is 4. The van der Waals surface area contributed by atoms with E-state index in [1.165, 1.54) is 23.5 Å². The van der Waals surface area contributed by atoms with Crippen molar-refractivity contribution in [2.45, 2.75) is 30.3 Å². The molecule has 8 heteroatoms. The number of nitrogens with two attached hydrogens (primary N) is 1. The van der Waals surface area contributed by atoms with Crippen LogP contribution in [0, 0.1) is 0 Å². The van der Waals surface area contributed by atoms with Crippen LogP contribution in [0.15, 0.2) is 17.0 Å². The van der Waals surface area contributed by atoms with Crippen LogP contribution in [0.5, 0.6) is 0 Å². The largest absolute Gasteiger partial charge is 0.396 e. The van der Waals surface area contributed by atoms with Gasteiger partial charge in [0.15, 0.2) is 0 Å². The van der Waals surface area contributed by atoms with Crippen LogP contribution in [0.25, 0.3) is 0 Å². The van der Waals surface area contributed by atoms with Gasteiger partial charge in [0.25, 0.3) is 0 Å². The molecule has 1 aliphatic heterocycles. The molecule has 0 amide bonds. The van der Waals surface area contributed by atoms with Crippen molar-refractivity contribution in [1.29, 1.82) is 0 Å². The Labute approximate surface area is 135 Å². The molecule has 0 aromatic heterocycles. The van der Waals surface area contributed by atoms with Crippen molar-refractivity contribution in [2.75, 3.05) is 25.9 Å². The number of hydrogen-bond donors (Lipinski definition) is 1. The first kappa shape index (κ1) is 16.8. The van der Waals surface area contributed by atoms with Crippen LogP contribution >= 0.6 is 23.2 Å². The summed E-state index contributed by atoms with van der Waals surface area (Å²) >= 11 is 11.9. The molecule has 2 N–H and O–H groups in total. The Balaban J connectivity index is 2.22. The van der Waals surface area contributed by atoms with E-state index in [2.05, 4.69) is 0 Å². The van der Waals surface area contributed by atoms with Gasteiger partial charge in [0, 0.05) is 20.2 Å². The summed E-state index contributed by atoms with van der Waals surface area (Å²) in [6.07, 6.45) is 2.85. The molecule has 1 aromatic carbocycles. The van der Waals surface area contributed by atoms with E-state index in [9.17, 15) is 8.42 Å². The average molecular weight is 353 g/mol. The molecular formula is C13H18Cl2N2O3S. The van der Waals surface area contributed by atoms with Crippen LogP contribution < -0.4 is 5.73 Å². The molecule has 21 heavy (non-hydrogen) atoms. The molecule has 1 aliphatic rings. The maximum atomic E-state index is 12.6. The highest BCUT2D eigenvalue weighted by Gasteiger charge is 2.28. The minimum Gasteiger partial charge on any atom is -0.396 e. The molecule has 1 heterocycles. The minimum absolute atomic E-state index is 0.0376. The molecule has 0 bridgehead atoms. The molecule has 1 unspecified atom stereocenters. The van der Waals surface area contributed by atoms with Crippen LogP contribution in [0.4, 0.5) is 5.69 Å². The molecule has 0 saturated carbocycles. The van der Waals surface area contributed by atoms with E-state index >= 15 is 0 Å². The monoisotopic (exact) mass is 352 g/mol. The van der Waals surface area contributed by atoms with Crippen molar-refractivity contribution in [3.05, 3.63) is 22.2 Å². The molecule has 0 spiro atoms. The van der Waals surface area contributed by atoms with E-state index in [0.29, 0.717) is 13.2 Å². The summed E-state index contributed by atoms with van der Waals surface area (Å²) in [7, 11) is -2.22. The summed E-state index contributed by atoms with van der Waals surface area (Å²) in [6, 6.07) is 2.80. The van der Waals surface area contributed by atoms with Crippen LogP contribution in [-0.4, -0.2) is 39.0 Å². The number of ether oxygens (including phenoxy) is 1. The van der Waals surface area contributed by atoms with E-state index < -0.39 is 10.0 Å². The molecule has 5 nitrogen and oxygen atoms in total. The van der Waals surface area contributed by atoms with Crippen LogP contribution in [0.2, 0.25) is 10.0 Å². The first-order chi connectivity index (χ1) is 9.84. The lowest BCUT2D eigenvalue weighted by atomic mass is 10.1. The summed E-state index contributed by atoms with van der Waals surface area (Å²) in [4.78, 5) is -0.0376. The SMILES string of the molecule is CN(CC1CCCCO1)S(=O)(=O)c1ccc(Cl)c(N)c1Cl. The summed E-state index contributed by atoms with van der Waals surface area (Å²) in [5.41, 5.74) is 5.76. The van der Waals surface area contributed by atoms with Crippen molar-refractivity contribution < 1.29 is 13.2 Å². The molecule has 1 fully saturated rings. The highest BCUT2D eigenvalue weighted by atomic mass is 35.5. The van der Waals surface area contributed by atoms with Crippen molar-refractivity contribution in [2.24, 2.45) is 0 Å². The van der Waals surface area contributed by atoms with Gasteiger partial charge in [0.2, 0.25) is 10.0 Å². The predicted octanol–water partition coefficient (Wildman–Crippen LogP) is 2.77. The third-order valence-electron chi connectivity index (χ3n) is 3.51. The Morgan fingerprint density at radius 3 is 2.71 bits per heavy atom. The Kier molecular flexibility index (Phi) is 5.38. The number of rotatable bonds is 4. The smallest absolute Gasteiger partial charge is 0.244 e. The zero-order valence-electron chi connectivity index (χ0n) is 11.7. The van der Waals surface area contributed by atoms with Crippen molar-refractivity contribution in [3.8, 4) is 0 Å². The first-order valence-corrected chi connectivity index (χ1v) is 8.85. The zero-order valence-corrected chi connectivity index (χ0v) is 14.0. The molecule has 0 radical (unpaired) electrons. The first-order valence-electron chi connectivity index (χ1n) is 6.65. The lowest BCUT2D eigenvalue weighted by Gasteiger charge is -2.27. The molecule has 1 atom stereocenters. The lowest BCUT2D eigenvalue weighted by Crippen LogP contribution is -2.37. The molecule has 0 aliphatic carbocycles. The lowest BCUT2D eigenvalue weighted by molar-refractivity contribution is 0.00859. The van der Waals surface area contributed by atoms with Gasteiger partial charge >= 0.3 is 0 Å². The summed E-state index contributed by atoms with van der Waals surface area (Å²) < 4.78 is 32.0. The van der Waals surface area contributed by atoms with E-state index in [1.807, 2.05) is 0 Å². The summed E-state index contributed by atoms with van der Waals surface area (Å²) in [5, 5.41) is 0.191. The highest BCUT2D eigenvalue weighted by molar-refractivity contribution is 7.89. The van der Waals surface area contributed by atoms with Gasteiger partial charge in [0.1, 0.15) is 4.90 Å². The fourth-order valence-corrected chi connectivity index (χ4v) is 4.19. The van der Waals surface area contributed by atoms with Crippen molar-refractivity contribution >= 4 is 38.9 Å². The van der Waals surface area contributed by atoms with Gasteiger partial charge in [-0.25, -0.2) is 8.42 Å². The number of likely N-dealkylation sites (N-methyl/N-ethyl adjacent to an activating group) is 1. The normalized spacial score (nSPS) is 19.9. The highest BCUT2D eigenvalue weighted by Crippen LogP contribution is 2.34. The Hall–Kier alpha value is -0.530. The van der Waals surface area contributed by atoms with Gasteiger partial charge in [-0.1, -0.05) is 23.2 Å². The number of benzene rings is 1. The summed E-state index contributed by atoms with van der Waals surface area (Å²) in [6.45, 7) is 0.967. The molecule has 1 saturated heterocycles. The Bertz CT molecular complexity index is 616. The number of sulfonamides is 1. The van der Waals surface area contributed by atoms with E-state index in [-0.39, 0.29) is 26.7 Å². The third-order valence-corrected chi connectivity index (χ3v) is 6.23. The van der Waals surface area contributed by atoms with Crippen molar-refractivity contribution in [1.82, 2.24) is 4.31 Å². The minimum atomic E-state index is -3.73. The molecule has 118 valence electrons. The Morgan fingerprint density at radius 1 is 1.38 bits per heavy atom. The van der Waals surface area contributed by atoms with E-state index in [0.717, 1.165) is 19.3 Å². The fourth-order valence-electron chi connectivity index (χ4n) is 2.25. The van der Waals surface area contributed by atoms with Crippen LogP contribution in [-0.2, 0) is 14.8 Å². The second-order valence-corrected chi connectivity index (χ2v) is 7.85. The standard InChI is InChI=1S/C13H18Cl2N2O3S/c1-17(8-9-4-2-3-7-20-9)21(18,19)11-6-5-10(14)13(16)12(11)15/h5-6,9H,2-4,7-8,16H2,1H3. The number of nitrogen functional groups attached to an aromatic ring is 1. The van der Waals surface area contributed by atoms with E-state index in [1.54, 1.807) is 0 Å². The maximum Gasteiger partial charge on any atom is 0.244 e.